The summed E-state index contributed by atoms with van der Waals surface area (Å²) in [7, 11) is 0. The van der Waals surface area contributed by atoms with Gasteiger partial charge in [-0.05, 0) is 25.3 Å². The molecule has 1 unspecified atom stereocenters. The number of alkyl halides is 2. The summed E-state index contributed by atoms with van der Waals surface area (Å²) in [5.41, 5.74) is 6.61. The number of halogens is 2. The summed E-state index contributed by atoms with van der Waals surface area (Å²) < 4.78 is 24.6. The van der Waals surface area contributed by atoms with Crippen LogP contribution < -0.4 is 5.73 Å². The first kappa shape index (κ1) is 11.1. The first-order chi connectivity index (χ1) is 6.59. The van der Waals surface area contributed by atoms with E-state index in [9.17, 15) is 8.78 Å². The van der Waals surface area contributed by atoms with Gasteiger partial charge in [-0.2, -0.15) is 0 Å². The second-order valence-electron chi connectivity index (χ2n) is 3.56. The second kappa shape index (κ2) is 5.05. The third-order valence-corrected chi connectivity index (χ3v) is 2.09. The van der Waals surface area contributed by atoms with Crippen LogP contribution in [0.3, 0.4) is 0 Å². The molecular weight excluding hydrogens is 184 g/mol. The quantitative estimate of drug-likeness (QED) is 0.792. The van der Waals surface area contributed by atoms with Crippen molar-refractivity contribution in [2.75, 3.05) is 0 Å². The highest BCUT2D eigenvalue weighted by molar-refractivity contribution is 5.24. The van der Waals surface area contributed by atoms with E-state index < -0.39 is 6.43 Å². The highest BCUT2D eigenvalue weighted by Gasteiger charge is 2.06. The van der Waals surface area contributed by atoms with Gasteiger partial charge in [0.05, 0.1) is 0 Å². The Balaban J connectivity index is 2.64. The number of hydrogen-bond donors (Lipinski definition) is 1. The van der Waals surface area contributed by atoms with Crippen molar-refractivity contribution in [2.45, 2.75) is 32.2 Å². The van der Waals surface area contributed by atoms with E-state index in [0.29, 0.717) is 0 Å². The molecule has 1 atom stereocenters. The molecule has 14 heavy (non-hydrogen) atoms. The van der Waals surface area contributed by atoms with Crippen LogP contribution in [0.5, 0.6) is 0 Å². The zero-order valence-corrected chi connectivity index (χ0v) is 8.21. The number of nitrogens with two attached hydrogens (primary N) is 1. The summed E-state index contributed by atoms with van der Waals surface area (Å²) in [6, 6.07) is 6.63. The van der Waals surface area contributed by atoms with Crippen LogP contribution in [0.25, 0.3) is 0 Å². The molecule has 0 aliphatic heterocycles. The molecule has 0 bridgehead atoms. The third-order valence-electron chi connectivity index (χ3n) is 2.09. The van der Waals surface area contributed by atoms with Gasteiger partial charge >= 0.3 is 0 Å². The van der Waals surface area contributed by atoms with Gasteiger partial charge in [0.15, 0.2) is 0 Å². The van der Waals surface area contributed by atoms with E-state index in [1.165, 1.54) is 6.07 Å². The zero-order chi connectivity index (χ0) is 10.6. The van der Waals surface area contributed by atoms with Crippen LogP contribution in [0.2, 0.25) is 0 Å². The molecule has 0 fully saturated rings. The van der Waals surface area contributed by atoms with E-state index in [4.69, 9.17) is 5.73 Å². The van der Waals surface area contributed by atoms with Gasteiger partial charge in [0, 0.05) is 11.6 Å². The number of aryl methyl sites for hydroxylation is 1. The van der Waals surface area contributed by atoms with Gasteiger partial charge in [-0.3, -0.25) is 0 Å². The molecule has 1 aromatic rings. The predicted molar refractivity (Wildman–Crippen MR) is 53.4 cm³/mol. The van der Waals surface area contributed by atoms with Crippen molar-refractivity contribution in [3.05, 3.63) is 35.4 Å². The molecule has 78 valence electrons. The highest BCUT2D eigenvalue weighted by Crippen LogP contribution is 2.20. The maximum absolute atomic E-state index is 12.3. The molecule has 0 aliphatic carbocycles. The Morgan fingerprint density at radius 1 is 1.36 bits per heavy atom. The molecule has 0 spiro atoms. The minimum Gasteiger partial charge on any atom is -0.328 e. The van der Waals surface area contributed by atoms with Gasteiger partial charge in [-0.15, -0.1) is 0 Å². The SMILES string of the molecule is CC(N)CCc1cccc(C(F)F)c1. The van der Waals surface area contributed by atoms with Crippen LogP contribution in [0, 0.1) is 0 Å². The normalized spacial score (nSPS) is 13.2. The van der Waals surface area contributed by atoms with Gasteiger partial charge in [0.2, 0.25) is 0 Å². The molecular formula is C11H15F2N. The van der Waals surface area contributed by atoms with Crippen molar-refractivity contribution in [3.63, 3.8) is 0 Å². The van der Waals surface area contributed by atoms with Crippen molar-refractivity contribution in [3.8, 4) is 0 Å². The number of benzene rings is 1. The lowest BCUT2D eigenvalue weighted by Crippen LogP contribution is -2.15. The van der Waals surface area contributed by atoms with Gasteiger partial charge < -0.3 is 5.73 Å². The third kappa shape index (κ3) is 3.42. The molecule has 2 N–H and O–H groups in total. The fourth-order valence-electron chi connectivity index (χ4n) is 1.28. The molecule has 0 saturated carbocycles. The first-order valence-corrected chi connectivity index (χ1v) is 4.72. The summed E-state index contributed by atoms with van der Waals surface area (Å²) in [5, 5.41) is 0. The molecule has 0 aliphatic rings. The molecule has 0 aromatic heterocycles. The maximum atomic E-state index is 12.3. The van der Waals surface area contributed by atoms with E-state index in [1.807, 2.05) is 13.0 Å². The summed E-state index contributed by atoms with van der Waals surface area (Å²) in [6.07, 6.45) is -0.796. The fraction of sp³-hybridized carbons (Fsp3) is 0.455. The van der Waals surface area contributed by atoms with Gasteiger partial charge in [0.1, 0.15) is 0 Å². The minimum absolute atomic E-state index is 0.0900. The van der Waals surface area contributed by atoms with Crippen LogP contribution in [-0.2, 0) is 6.42 Å². The summed E-state index contributed by atoms with van der Waals surface area (Å²) in [5.74, 6) is 0. The molecule has 0 amide bonds. The van der Waals surface area contributed by atoms with E-state index in [1.54, 1.807) is 12.1 Å². The molecule has 1 nitrogen and oxygen atoms in total. The van der Waals surface area contributed by atoms with Gasteiger partial charge in [0.25, 0.3) is 6.43 Å². The van der Waals surface area contributed by atoms with Crippen LogP contribution in [-0.4, -0.2) is 6.04 Å². The second-order valence-corrected chi connectivity index (χ2v) is 3.56. The Hall–Kier alpha value is -0.960. The van der Waals surface area contributed by atoms with Crippen LogP contribution in [0.1, 0.15) is 30.9 Å². The van der Waals surface area contributed by atoms with Crippen molar-refractivity contribution in [2.24, 2.45) is 5.73 Å². The first-order valence-electron chi connectivity index (χ1n) is 4.72. The molecule has 0 heterocycles. The Kier molecular flexibility index (Phi) is 4.01. The van der Waals surface area contributed by atoms with Crippen molar-refractivity contribution < 1.29 is 8.78 Å². The Morgan fingerprint density at radius 3 is 2.64 bits per heavy atom. The van der Waals surface area contributed by atoms with E-state index in [2.05, 4.69) is 0 Å². The fourth-order valence-corrected chi connectivity index (χ4v) is 1.28. The van der Waals surface area contributed by atoms with Crippen LogP contribution in [0.4, 0.5) is 8.78 Å². The summed E-state index contributed by atoms with van der Waals surface area (Å²) >= 11 is 0. The van der Waals surface area contributed by atoms with Crippen LogP contribution >= 0.6 is 0 Å². The summed E-state index contributed by atoms with van der Waals surface area (Å²) in [4.78, 5) is 0. The minimum atomic E-state index is -2.38. The Bertz CT molecular complexity index is 284. The topological polar surface area (TPSA) is 26.0 Å². The van der Waals surface area contributed by atoms with Crippen molar-refractivity contribution in [1.82, 2.24) is 0 Å². The molecule has 1 rings (SSSR count). The number of rotatable bonds is 4. The molecule has 0 radical (unpaired) electrons. The van der Waals surface area contributed by atoms with Crippen molar-refractivity contribution >= 4 is 0 Å². The van der Waals surface area contributed by atoms with E-state index >= 15 is 0 Å². The standard InChI is InChI=1S/C11H15F2N/c1-8(14)5-6-9-3-2-4-10(7-9)11(12)13/h2-4,7-8,11H,5-6,14H2,1H3. The van der Waals surface area contributed by atoms with Crippen LogP contribution in [0.15, 0.2) is 24.3 Å². The molecule has 3 heteroatoms. The van der Waals surface area contributed by atoms with E-state index in [-0.39, 0.29) is 11.6 Å². The molecule has 1 aromatic carbocycles. The van der Waals surface area contributed by atoms with Crippen molar-refractivity contribution in [1.29, 1.82) is 0 Å². The maximum Gasteiger partial charge on any atom is 0.263 e. The number of hydrogen-bond acceptors (Lipinski definition) is 1. The van der Waals surface area contributed by atoms with Gasteiger partial charge in [-0.1, -0.05) is 24.3 Å². The van der Waals surface area contributed by atoms with Gasteiger partial charge in [-0.25, -0.2) is 8.78 Å². The lowest BCUT2D eigenvalue weighted by molar-refractivity contribution is 0.151. The molecule has 0 saturated heterocycles. The Morgan fingerprint density at radius 2 is 2.07 bits per heavy atom. The Labute approximate surface area is 82.9 Å². The lowest BCUT2D eigenvalue weighted by atomic mass is 10.0. The van der Waals surface area contributed by atoms with E-state index in [0.717, 1.165) is 18.4 Å². The largest absolute Gasteiger partial charge is 0.328 e. The monoisotopic (exact) mass is 199 g/mol. The predicted octanol–water partition coefficient (Wildman–Crippen LogP) is 2.90. The average Bonchev–Trinajstić information content (AvgIpc) is 2.15. The average molecular weight is 199 g/mol. The zero-order valence-electron chi connectivity index (χ0n) is 8.21. The summed E-state index contributed by atoms with van der Waals surface area (Å²) in [6.45, 7) is 1.91. The smallest absolute Gasteiger partial charge is 0.263 e. The lowest BCUT2D eigenvalue weighted by Gasteiger charge is -2.06. The highest BCUT2D eigenvalue weighted by atomic mass is 19.3.